The van der Waals surface area contributed by atoms with Gasteiger partial charge >= 0.3 is 11.9 Å². The predicted octanol–water partition coefficient (Wildman–Crippen LogP) is 3.62. The molecule has 1 aromatic heterocycles. The maximum Gasteiger partial charge on any atom is 0.335 e. The van der Waals surface area contributed by atoms with Crippen LogP contribution in [-0.4, -0.2) is 45.4 Å². The molecule has 9 nitrogen and oxygen atoms in total. The Morgan fingerprint density at radius 2 is 1.70 bits per heavy atom. The molecule has 1 heterocycles. The van der Waals surface area contributed by atoms with E-state index in [0.717, 1.165) is 15.3 Å². The third kappa shape index (κ3) is 5.77. The number of para-hydroxylation sites is 1. The molecule has 0 aliphatic rings. The second-order valence-corrected chi connectivity index (χ2v) is 8.22. The molecule has 3 N–H and O–H groups in total. The van der Waals surface area contributed by atoms with Crippen LogP contribution in [0.2, 0.25) is 0 Å². The topological polar surface area (TPSA) is 130 Å². The van der Waals surface area contributed by atoms with Crippen molar-refractivity contribution in [3.63, 3.8) is 0 Å². The highest BCUT2D eigenvalue weighted by atomic mass is 127. The van der Waals surface area contributed by atoms with Gasteiger partial charge in [0.1, 0.15) is 5.75 Å². The average molecular weight is 561 g/mol. The van der Waals surface area contributed by atoms with E-state index in [2.05, 4.69) is 33.1 Å². The zero-order valence-corrected chi connectivity index (χ0v) is 19.9. The molecule has 0 radical (unpaired) electrons. The van der Waals surface area contributed by atoms with Crippen LogP contribution < -0.4 is 10.2 Å². The third-order valence-corrected chi connectivity index (χ3v) is 5.62. The average Bonchev–Trinajstić information content (AvgIpc) is 3.05. The number of carbonyl (C=O) groups excluding carboxylic acids is 1. The van der Waals surface area contributed by atoms with Crippen molar-refractivity contribution in [3.8, 4) is 11.4 Å². The van der Waals surface area contributed by atoms with Crippen molar-refractivity contribution >= 4 is 46.7 Å². The summed E-state index contributed by atoms with van der Waals surface area (Å²) in [5.74, 6) is -2.28. The molecule has 10 heteroatoms. The second kappa shape index (κ2) is 10.3. The van der Waals surface area contributed by atoms with E-state index in [-0.39, 0.29) is 17.7 Å². The summed E-state index contributed by atoms with van der Waals surface area (Å²) < 4.78 is 8.08. The van der Waals surface area contributed by atoms with Crippen LogP contribution in [0.25, 0.3) is 5.69 Å². The lowest BCUT2D eigenvalue weighted by Crippen LogP contribution is -2.24. The van der Waals surface area contributed by atoms with Gasteiger partial charge in [-0.3, -0.25) is 4.79 Å². The van der Waals surface area contributed by atoms with Crippen molar-refractivity contribution in [1.82, 2.24) is 9.99 Å². The first kappa shape index (κ1) is 24.0. The highest BCUT2D eigenvalue weighted by Crippen LogP contribution is 2.23. The van der Waals surface area contributed by atoms with Gasteiger partial charge in [0.2, 0.25) is 0 Å². The Kier molecular flexibility index (Phi) is 7.48. The molecular formula is C23H20IN3O6. The van der Waals surface area contributed by atoms with Crippen LogP contribution in [0.3, 0.4) is 0 Å². The Morgan fingerprint density at radius 3 is 2.30 bits per heavy atom. The first-order chi connectivity index (χ1) is 15.7. The van der Waals surface area contributed by atoms with Crippen LogP contribution in [0.5, 0.6) is 5.75 Å². The Bertz CT molecular complexity index is 1230. The summed E-state index contributed by atoms with van der Waals surface area (Å²) in [5, 5.41) is 22.6. The molecule has 3 rings (SSSR count). The lowest BCUT2D eigenvalue weighted by Gasteiger charge is -2.12. The highest BCUT2D eigenvalue weighted by molar-refractivity contribution is 14.1. The molecule has 0 atom stereocenters. The number of aromatic nitrogens is 1. The molecule has 0 saturated heterocycles. The number of carboxylic acid groups (broad SMARTS) is 2. The van der Waals surface area contributed by atoms with Gasteiger partial charge in [0, 0.05) is 22.6 Å². The lowest BCUT2D eigenvalue weighted by molar-refractivity contribution is -0.123. The molecule has 33 heavy (non-hydrogen) atoms. The Morgan fingerprint density at radius 1 is 1.06 bits per heavy atom. The fraction of sp³-hybridized carbons (Fsp3) is 0.130. The van der Waals surface area contributed by atoms with E-state index in [0.29, 0.717) is 22.7 Å². The number of hydrogen-bond donors (Lipinski definition) is 3. The van der Waals surface area contributed by atoms with E-state index >= 15 is 0 Å². The van der Waals surface area contributed by atoms with Crippen molar-refractivity contribution in [2.75, 3.05) is 6.61 Å². The third-order valence-electron chi connectivity index (χ3n) is 4.73. The summed E-state index contributed by atoms with van der Waals surface area (Å²) >= 11 is 2.11. The number of amides is 1. The number of carboxylic acids is 2. The fourth-order valence-electron chi connectivity index (χ4n) is 3.21. The van der Waals surface area contributed by atoms with Crippen molar-refractivity contribution < 1.29 is 29.3 Å². The molecule has 0 aliphatic heterocycles. The number of nitrogens with one attached hydrogen (secondary N) is 1. The first-order valence-corrected chi connectivity index (χ1v) is 10.8. The highest BCUT2D eigenvalue weighted by Gasteiger charge is 2.16. The molecule has 0 spiro atoms. The number of halogens is 1. The standard InChI is InChI=1S/C23H20IN3O6/c1-13-7-17(11-25-26-21(28)12-33-20-6-4-3-5-19(20)24)14(2)27(13)18-9-15(22(29)30)8-16(10-18)23(31)32/h3-11H,12H2,1-2H3,(H,26,28)(H,29,30)(H,31,32)/b25-11+. The Hall–Kier alpha value is -3.67. The molecule has 0 unspecified atom stereocenters. The monoisotopic (exact) mass is 561 g/mol. The minimum Gasteiger partial charge on any atom is -0.483 e. The number of aryl methyl sites for hydroxylation is 1. The fourth-order valence-corrected chi connectivity index (χ4v) is 3.76. The van der Waals surface area contributed by atoms with E-state index in [1.807, 2.05) is 18.2 Å². The van der Waals surface area contributed by atoms with E-state index in [1.54, 1.807) is 30.5 Å². The number of ether oxygens (including phenoxy) is 1. The summed E-state index contributed by atoms with van der Waals surface area (Å²) in [4.78, 5) is 34.9. The van der Waals surface area contributed by atoms with Gasteiger partial charge < -0.3 is 19.5 Å². The molecule has 0 fully saturated rings. The van der Waals surface area contributed by atoms with Gasteiger partial charge in [-0.1, -0.05) is 12.1 Å². The van der Waals surface area contributed by atoms with Crippen molar-refractivity contribution in [1.29, 1.82) is 0 Å². The van der Waals surface area contributed by atoms with Crippen LogP contribution in [0.4, 0.5) is 0 Å². The van der Waals surface area contributed by atoms with E-state index in [1.165, 1.54) is 18.3 Å². The van der Waals surface area contributed by atoms with Gasteiger partial charge in [-0.15, -0.1) is 0 Å². The Balaban J connectivity index is 1.76. The van der Waals surface area contributed by atoms with Gasteiger partial charge in [0.25, 0.3) is 5.91 Å². The lowest BCUT2D eigenvalue weighted by atomic mass is 10.1. The maximum absolute atomic E-state index is 12.0. The number of hydrazone groups is 1. The van der Waals surface area contributed by atoms with Crippen LogP contribution >= 0.6 is 22.6 Å². The van der Waals surface area contributed by atoms with Crippen LogP contribution in [-0.2, 0) is 4.79 Å². The number of hydrogen-bond acceptors (Lipinski definition) is 5. The number of rotatable bonds is 8. The number of benzene rings is 2. The molecule has 0 bridgehead atoms. The summed E-state index contributed by atoms with van der Waals surface area (Å²) in [6.45, 7) is 3.38. The van der Waals surface area contributed by atoms with Gasteiger partial charge in [0.05, 0.1) is 20.9 Å². The summed E-state index contributed by atoms with van der Waals surface area (Å²) in [6, 6.07) is 13.0. The number of carbonyl (C=O) groups is 3. The van der Waals surface area contributed by atoms with E-state index in [9.17, 15) is 24.6 Å². The minimum atomic E-state index is -1.22. The minimum absolute atomic E-state index is 0.132. The maximum atomic E-state index is 12.0. The van der Waals surface area contributed by atoms with Gasteiger partial charge in [-0.05, 0) is 72.8 Å². The normalized spacial score (nSPS) is 10.9. The first-order valence-electron chi connectivity index (χ1n) is 9.67. The SMILES string of the molecule is Cc1cc(/C=N/NC(=O)COc2ccccc2I)c(C)n1-c1cc(C(=O)O)cc(C(=O)O)c1. The molecule has 0 saturated carbocycles. The second-order valence-electron chi connectivity index (χ2n) is 7.05. The van der Waals surface area contributed by atoms with Crippen LogP contribution in [0, 0.1) is 17.4 Å². The van der Waals surface area contributed by atoms with Gasteiger partial charge in [-0.25, -0.2) is 15.0 Å². The molecule has 2 aromatic carbocycles. The number of nitrogens with zero attached hydrogens (tertiary/aromatic N) is 2. The summed E-state index contributed by atoms with van der Waals surface area (Å²) in [7, 11) is 0. The zero-order chi connectivity index (χ0) is 24.1. The van der Waals surface area contributed by atoms with Crippen LogP contribution in [0.15, 0.2) is 53.6 Å². The van der Waals surface area contributed by atoms with Gasteiger partial charge in [0.15, 0.2) is 6.61 Å². The van der Waals surface area contributed by atoms with Gasteiger partial charge in [-0.2, -0.15) is 5.10 Å². The molecule has 1 amide bonds. The molecule has 0 aliphatic carbocycles. The zero-order valence-electron chi connectivity index (χ0n) is 17.7. The van der Waals surface area contributed by atoms with E-state index in [4.69, 9.17) is 4.74 Å². The molecule has 170 valence electrons. The predicted molar refractivity (Wildman–Crippen MR) is 130 cm³/mol. The van der Waals surface area contributed by atoms with Crippen molar-refractivity contribution in [2.24, 2.45) is 5.10 Å². The largest absolute Gasteiger partial charge is 0.483 e. The van der Waals surface area contributed by atoms with Crippen molar-refractivity contribution in [3.05, 3.63) is 80.2 Å². The quantitative estimate of drug-likeness (QED) is 0.219. The number of aromatic carboxylic acids is 2. The summed E-state index contributed by atoms with van der Waals surface area (Å²) in [6.07, 6.45) is 1.46. The Labute approximate surface area is 202 Å². The van der Waals surface area contributed by atoms with E-state index < -0.39 is 17.8 Å². The van der Waals surface area contributed by atoms with Crippen LogP contribution in [0.1, 0.15) is 37.7 Å². The molecular weight excluding hydrogens is 541 g/mol. The molecule has 3 aromatic rings. The smallest absolute Gasteiger partial charge is 0.335 e. The van der Waals surface area contributed by atoms with Crippen molar-refractivity contribution in [2.45, 2.75) is 13.8 Å². The summed E-state index contributed by atoms with van der Waals surface area (Å²) in [5.41, 5.74) is 4.64.